The molecule has 1 heterocycles. The molecule has 0 aromatic rings. The van der Waals surface area contributed by atoms with E-state index in [1.54, 1.807) is 0 Å². The van der Waals surface area contributed by atoms with Gasteiger partial charge in [-0.25, -0.2) is 0 Å². The SMILES string of the molecule is CCC(CC)N1C(=O)CC(NC(C)CC2CC2)C1=O. The van der Waals surface area contributed by atoms with Crippen molar-refractivity contribution >= 4 is 11.8 Å². The van der Waals surface area contributed by atoms with E-state index in [2.05, 4.69) is 12.2 Å². The van der Waals surface area contributed by atoms with Crippen molar-refractivity contribution in [1.82, 2.24) is 10.2 Å². The van der Waals surface area contributed by atoms with Crippen LogP contribution in [0.5, 0.6) is 0 Å². The number of hydrogen-bond donors (Lipinski definition) is 1. The van der Waals surface area contributed by atoms with Crippen molar-refractivity contribution in [3.05, 3.63) is 0 Å². The van der Waals surface area contributed by atoms with Crippen LogP contribution >= 0.6 is 0 Å². The van der Waals surface area contributed by atoms with E-state index in [-0.39, 0.29) is 23.9 Å². The van der Waals surface area contributed by atoms with Gasteiger partial charge in [-0.1, -0.05) is 26.7 Å². The van der Waals surface area contributed by atoms with Crippen molar-refractivity contribution in [3.8, 4) is 0 Å². The average Bonchev–Trinajstić information content (AvgIpc) is 3.13. The third-order valence-electron chi connectivity index (χ3n) is 4.36. The predicted octanol–water partition coefficient (Wildman–Crippen LogP) is 2.08. The minimum atomic E-state index is -0.290. The van der Waals surface area contributed by atoms with E-state index >= 15 is 0 Å². The molecule has 108 valence electrons. The first kappa shape index (κ1) is 14.5. The number of rotatable bonds is 7. The van der Waals surface area contributed by atoms with Crippen molar-refractivity contribution in [2.24, 2.45) is 5.92 Å². The Hall–Kier alpha value is -0.900. The summed E-state index contributed by atoms with van der Waals surface area (Å²) < 4.78 is 0. The first-order valence-electron chi connectivity index (χ1n) is 7.68. The highest BCUT2D eigenvalue weighted by Gasteiger charge is 2.41. The Morgan fingerprint density at radius 1 is 1.26 bits per heavy atom. The van der Waals surface area contributed by atoms with E-state index in [4.69, 9.17) is 0 Å². The summed E-state index contributed by atoms with van der Waals surface area (Å²) in [6.45, 7) is 6.19. The number of amides is 2. The van der Waals surface area contributed by atoms with Crippen molar-refractivity contribution in [3.63, 3.8) is 0 Å². The third kappa shape index (κ3) is 3.35. The maximum Gasteiger partial charge on any atom is 0.247 e. The summed E-state index contributed by atoms with van der Waals surface area (Å²) in [6.07, 6.45) is 5.80. The second-order valence-electron chi connectivity index (χ2n) is 6.08. The van der Waals surface area contributed by atoms with E-state index in [1.165, 1.54) is 17.7 Å². The summed E-state index contributed by atoms with van der Waals surface area (Å²) in [5.74, 6) is 0.820. The molecule has 1 N–H and O–H groups in total. The minimum Gasteiger partial charge on any atom is -0.303 e. The smallest absolute Gasteiger partial charge is 0.247 e. The second-order valence-corrected chi connectivity index (χ2v) is 6.08. The second kappa shape index (κ2) is 6.04. The third-order valence-corrected chi connectivity index (χ3v) is 4.36. The molecule has 1 saturated carbocycles. The Bertz CT molecular complexity index is 348. The lowest BCUT2D eigenvalue weighted by molar-refractivity contribution is -0.141. The van der Waals surface area contributed by atoms with Crippen LogP contribution in [0.25, 0.3) is 0 Å². The fraction of sp³-hybridized carbons (Fsp3) is 0.867. The van der Waals surface area contributed by atoms with E-state index in [0.717, 1.165) is 25.2 Å². The highest BCUT2D eigenvalue weighted by atomic mass is 16.2. The largest absolute Gasteiger partial charge is 0.303 e. The summed E-state index contributed by atoms with van der Waals surface area (Å²) in [4.78, 5) is 25.9. The summed E-state index contributed by atoms with van der Waals surface area (Å²) in [7, 11) is 0. The standard InChI is InChI=1S/C15H26N2O2/c1-4-12(5-2)17-14(18)9-13(15(17)19)16-10(3)8-11-6-7-11/h10-13,16H,4-9H2,1-3H3. The predicted molar refractivity (Wildman–Crippen MR) is 74.6 cm³/mol. The van der Waals surface area contributed by atoms with Crippen LogP contribution in [0.15, 0.2) is 0 Å². The number of nitrogens with zero attached hydrogens (tertiary/aromatic N) is 1. The maximum absolute atomic E-state index is 12.4. The lowest BCUT2D eigenvalue weighted by Gasteiger charge is -2.25. The molecule has 0 aromatic heterocycles. The molecule has 19 heavy (non-hydrogen) atoms. The molecular weight excluding hydrogens is 240 g/mol. The number of carbonyl (C=O) groups is 2. The number of likely N-dealkylation sites (tertiary alicyclic amines) is 1. The number of nitrogens with one attached hydrogen (secondary N) is 1. The molecular formula is C15H26N2O2. The van der Waals surface area contributed by atoms with Crippen LogP contribution in [0.2, 0.25) is 0 Å². The van der Waals surface area contributed by atoms with Crippen molar-refractivity contribution < 1.29 is 9.59 Å². The van der Waals surface area contributed by atoms with E-state index in [1.807, 2.05) is 13.8 Å². The topological polar surface area (TPSA) is 49.4 Å². The number of carbonyl (C=O) groups excluding carboxylic acids is 2. The van der Waals surface area contributed by atoms with Crippen LogP contribution in [0.1, 0.15) is 59.3 Å². The van der Waals surface area contributed by atoms with Crippen LogP contribution in [-0.4, -0.2) is 34.8 Å². The van der Waals surface area contributed by atoms with Gasteiger partial charge in [0.25, 0.3) is 0 Å². The minimum absolute atomic E-state index is 0.00479. The van der Waals surface area contributed by atoms with Gasteiger partial charge in [0.2, 0.25) is 11.8 Å². The summed E-state index contributed by atoms with van der Waals surface area (Å²) >= 11 is 0. The molecule has 0 spiro atoms. The van der Waals surface area contributed by atoms with Gasteiger partial charge < -0.3 is 5.32 Å². The van der Waals surface area contributed by atoms with Crippen molar-refractivity contribution in [2.75, 3.05) is 0 Å². The molecule has 2 rings (SSSR count). The molecule has 2 fully saturated rings. The van der Waals surface area contributed by atoms with Gasteiger partial charge in [0.15, 0.2) is 0 Å². The normalized spacial score (nSPS) is 25.5. The van der Waals surface area contributed by atoms with Crippen LogP contribution in [0.4, 0.5) is 0 Å². The zero-order valence-electron chi connectivity index (χ0n) is 12.3. The van der Waals surface area contributed by atoms with Crippen LogP contribution in [0, 0.1) is 5.92 Å². The molecule has 4 heteroatoms. The van der Waals surface area contributed by atoms with E-state index in [9.17, 15) is 9.59 Å². The first-order valence-corrected chi connectivity index (χ1v) is 7.68. The lowest BCUT2D eigenvalue weighted by Crippen LogP contribution is -2.45. The van der Waals surface area contributed by atoms with Gasteiger partial charge in [-0.3, -0.25) is 14.5 Å². The highest BCUT2D eigenvalue weighted by Crippen LogP contribution is 2.33. The van der Waals surface area contributed by atoms with Gasteiger partial charge in [0.05, 0.1) is 12.5 Å². The average molecular weight is 266 g/mol. The molecule has 1 saturated heterocycles. The van der Waals surface area contributed by atoms with E-state index < -0.39 is 0 Å². The van der Waals surface area contributed by atoms with Crippen LogP contribution < -0.4 is 5.32 Å². The fourth-order valence-electron chi connectivity index (χ4n) is 3.08. The monoisotopic (exact) mass is 266 g/mol. The van der Waals surface area contributed by atoms with Gasteiger partial charge in [-0.15, -0.1) is 0 Å². The fourth-order valence-corrected chi connectivity index (χ4v) is 3.08. The zero-order valence-corrected chi connectivity index (χ0v) is 12.3. The Morgan fingerprint density at radius 3 is 2.42 bits per heavy atom. The molecule has 2 amide bonds. The number of hydrogen-bond acceptors (Lipinski definition) is 3. The molecule has 2 atom stereocenters. The Morgan fingerprint density at radius 2 is 1.89 bits per heavy atom. The molecule has 0 aromatic carbocycles. The quantitative estimate of drug-likeness (QED) is 0.718. The van der Waals surface area contributed by atoms with Gasteiger partial charge in [-0.05, 0) is 32.1 Å². The Kier molecular flexibility index (Phi) is 4.61. The Balaban J connectivity index is 1.92. The summed E-state index contributed by atoms with van der Waals surface area (Å²) in [6, 6.07) is 0.114. The van der Waals surface area contributed by atoms with Gasteiger partial charge >= 0.3 is 0 Å². The summed E-state index contributed by atoms with van der Waals surface area (Å²) in [5, 5.41) is 3.35. The van der Waals surface area contributed by atoms with Gasteiger partial charge in [0, 0.05) is 12.1 Å². The van der Waals surface area contributed by atoms with Crippen LogP contribution in [-0.2, 0) is 9.59 Å². The molecule has 1 aliphatic carbocycles. The summed E-state index contributed by atoms with van der Waals surface area (Å²) in [5.41, 5.74) is 0. The lowest BCUT2D eigenvalue weighted by atomic mass is 10.1. The maximum atomic E-state index is 12.4. The van der Waals surface area contributed by atoms with E-state index in [0.29, 0.717) is 12.5 Å². The molecule has 2 unspecified atom stereocenters. The molecule has 0 radical (unpaired) electrons. The number of imide groups is 1. The first-order chi connectivity index (χ1) is 9.06. The zero-order chi connectivity index (χ0) is 14.0. The van der Waals surface area contributed by atoms with Gasteiger partial charge in [-0.2, -0.15) is 0 Å². The molecule has 1 aliphatic heterocycles. The van der Waals surface area contributed by atoms with Crippen molar-refractivity contribution in [1.29, 1.82) is 0 Å². The van der Waals surface area contributed by atoms with Crippen molar-refractivity contribution in [2.45, 2.75) is 77.4 Å². The highest BCUT2D eigenvalue weighted by molar-refractivity contribution is 6.05. The molecule has 2 aliphatic rings. The van der Waals surface area contributed by atoms with Gasteiger partial charge in [0.1, 0.15) is 0 Å². The van der Waals surface area contributed by atoms with Crippen LogP contribution in [0.3, 0.4) is 0 Å². The molecule has 0 bridgehead atoms. The Labute approximate surface area is 115 Å². The molecule has 4 nitrogen and oxygen atoms in total.